The number of aromatic nitrogens is 2. The first-order valence-corrected chi connectivity index (χ1v) is 11.0. The minimum Gasteiger partial charge on any atom is -0.454 e. The van der Waals surface area contributed by atoms with E-state index in [1.165, 1.54) is 4.68 Å². The molecule has 7 nitrogen and oxygen atoms in total. The van der Waals surface area contributed by atoms with Gasteiger partial charge in [-0.1, -0.05) is 48.5 Å². The minimum absolute atomic E-state index is 0.218. The summed E-state index contributed by atoms with van der Waals surface area (Å²) in [6.45, 7) is 1.78. The Balaban J connectivity index is 1.44. The van der Waals surface area contributed by atoms with Gasteiger partial charge in [0.2, 0.25) is 0 Å². The molecule has 0 spiro atoms. The second-order valence-electron chi connectivity index (χ2n) is 8.27. The third kappa shape index (κ3) is 3.71. The lowest BCUT2D eigenvalue weighted by atomic mass is 9.93. The normalized spacial score (nSPS) is 14.9. The van der Waals surface area contributed by atoms with Crippen LogP contribution in [0.25, 0.3) is 5.69 Å². The number of ether oxygens (including phenoxy) is 1. The van der Waals surface area contributed by atoms with Crippen molar-refractivity contribution < 1.29 is 14.3 Å². The molecule has 34 heavy (non-hydrogen) atoms. The van der Waals surface area contributed by atoms with Gasteiger partial charge < -0.3 is 10.1 Å². The zero-order chi connectivity index (χ0) is 23.8. The van der Waals surface area contributed by atoms with Crippen molar-refractivity contribution in [3.05, 3.63) is 117 Å². The van der Waals surface area contributed by atoms with Crippen molar-refractivity contribution >= 4 is 17.6 Å². The Hall–Kier alpha value is -4.39. The molecule has 1 aliphatic heterocycles. The summed E-state index contributed by atoms with van der Waals surface area (Å²) in [5.74, 6) is -0.823. The van der Waals surface area contributed by atoms with Gasteiger partial charge in [0.05, 0.1) is 16.9 Å². The molecule has 3 aromatic carbocycles. The van der Waals surface area contributed by atoms with E-state index in [-0.39, 0.29) is 11.2 Å². The van der Waals surface area contributed by atoms with E-state index >= 15 is 0 Å². The van der Waals surface area contributed by atoms with Gasteiger partial charge in [-0.25, -0.2) is 9.48 Å². The Bertz CT molecular complexity index is 1450. The second-order valence-corrected chi connectivity index (χ2v) is 8.27. The molecule has 0 fully saturated rings. The van der Waals surface area contributed by atoms with E-state index < -0.39 is 18.0 Å². The van der Waals surface area contributed by atoms with Gasteiger partial charge in [-0.15, -0.1) is 0 Å². The van der Waals surface area contributed by atoms with E-state index in [4.69, 9.17) is 4.74 Å². The molecular formula is C27H23N3O4. The first-order valence-electron chi connectivity index (χ1n) is 11.0. The van der Waals surface area contributed by atoms with Crippen LogP contribution in [0.15, 0.2) is 83.7 Å². The van der Waals surface area contributed by atoms with Gasteiger partial charge in [-0.05, 0) is 48.4 Å². The number of hydrogen-bond acceptors (Lipinski definition) is 4. The molecule has 0 unspecified atom stereocenters. The van der Waals surface area contributed by atoms with E-state index in [0.717, 1.165) is 11.1 Å². The van der Waals surface area contributed by atoms with Gasteiger partial charge in [0.15, 0.2) is 0 Å². The van der Waals surface area contributed by atoms with Crippen LogP contribution < -0.4 is 10.9 Å². The van der Waals surface area contributed by atoms with Crippen molar-refractivity contribution in [2.24, 2.45) is 7.05 Å². The molecule has 2 heterocycles. The quantitative estimate of drug-likeness (QED) is 0.470. The molecule has 0 aliphatic carbocycles. The molecule has 1 aliphatic rings. The number of carbonyl (C=O) groups is 2. The maximum atomic E-state index is 13.1. The lowest BCUT2D eigenvalue weighted by Gasteiger charge is -2.25. The molecule has 170 valence electrons. The number of para-hydroxylation sites is 1. The number of anilines is 1. The van der Waals surface area contributed by atoms with Crippen LogP contribution in [0.4, 0.5) is 5.69 Å². The summed E-state index contributed by atoms with van der Waals surface area (Å²) in [7, 11) is 1.77. The molecule has 7 heteroatoms. The number of hydrogen-bond donors (Lipinski definition) is 1. The first kappa shape index (κ1) is 21.5. The number of esters is 1. The van der Waals surface area contributed by atoms with Crippen LogP contribution in [0.3, 0.4) is 0 Å². The summed E-state index contributed by atoms with van der Waals surface area (Å²) in [6, 6.07) is 23.6. The molecular weight excluding hydrogens is 430 g/mol. The van der Waals surface area contributed by atoms with Gasteiger partial charge >= 0.3 is 5.97 Å². The van der Waals surface area contributed by atoms with Crippen molar-refractivity contribution in [2.45, 2.75) is 19.4 Å². The Morgan fingerprint density at radius 2 is 1.65 bits per heavy atom. The Morgan fingerprint density at radius 3 is 2.35 bits per heavy atom. The highest BCUT2D eigenvalue weighted by atomic mass is 16.5. The SMILES string of the molecule is Cc1c(NC(=O)c2ccc3c(c2)C[C@H](c2ccccc2)OC3=O)c(=O)n(-c2ccccc2)n1C. The first-order chi connectivity index (χ1) is 16.4. The van der Waals surface area contributed by atoms with Crippen LogP contribution >= 0.6 is 0 Å². The summed E-state index contributed by atoms with van der Waals surface area (Å²) in [6.07, 6.45) is 0.0613. The van der Waals surface area contributed by atoms with Gasteiger partial charge in [-0.2, -0.15) is 0 Å². The van der Waals surface area contributed by atoms with Crippen LogP contribution in [0, 0.1) is 6.92 Å². The Labute approximate surface area is 196 Å². The highest BCUT2D eigenvalue weighted by Crippen LogP contribution is 2.31. The van der Waals surface area contributed by atoms with E-state index in [1.54, 1.807) is 36.9 Å². The molecule has 0 radical (unpaired) electrons. The largest absolute Gasteiger partial charge is 0.454 e. The topological polar surface area (TPSA) is 82.3 Å². The summed E-state index contributed by atoms with van der Waals surface area (Å²) in [5, 5.41) is 2.78. The summed E-state index contributed by atoms with van der Waals surface area (Å²) in [4.78, 5) is 38.8. The average molecular weight is 453 g/mol. The molecule has 1 N–H and O–H groups in total. The number of cyclic esters (lactones) is 1. The predicted octanol–water partition coefficient (Wildman–Crippen LogP) is 4.19. The lowest BCUT2D eigenvalue weighted by Crippen LogP contribution is -2.24. The Kier molecular flexibility index (Phi) is 5.37. The molecule has 0 bridgehead atoms. The van der Waals surface area contributed by atoms with Crippen molar-refractivity contribution in [1.29, 1.82) is 0 Å². The standard InChI is InChI=1S/C27H23N3O4/c1-17-24(26(32)30(29(17)2)21-11-7-4-8-12-21)28-25(31)19-13-14-22-20(15-19)16-23(34-27(22)33)18-9-5-3-6-10-18/h3-15,23H,16H2,1-2H3,(H,28,31)/t23-/m1/s1. The van der Waals surface area contributed by atoms with Crippen molar-refractivity contribution in [3.63, 3.8) is 0 Å². The fraction of sp³-hybridized carbons (Fsp3) is 0.148. The molecule has 1 amide bonds. The fourth-order valence-electron chi connectivity index (χ4n) is 4.29. The van der Waals surface area contributed by atoms with Crippen LogP contribution in [0.1, 0.15) is 43.6 Å². The molecule has 0 saturated heterocycles. The average Bonchev–Trinajstić information content (AvgIpc) is 3.07. The third-order valence-corrected chi connectivity index (χ3v) is 6.21. The molecule has 0 saturated carbocycles. The molecule has 1 aromatic heterocycles. The predicted molar refractivity (Wildman–Crippen MR) is 128 cm³/mol. The maximum absolute atomic E-state index is 13.1. The molecule has 5 rings (SSSR count). The Morgan fingerprint density at radius 1 is 0.971 bits per heavy atom. The van der Waals surface area contributed by atoms with Gasteiger partial charge in [0, 0.05) is 19.0 Å². The van der Waals surface area contributed by atoms with Crippen LogP contribution in [0.5, 0.6) is 0 Å². The number of rotatable bonds is 4. The van der Waals surface area contributed by atoms with Crippen LogP contribution in [0.2, 0.25) is 0 Å². The zero-order valence-electron chi connectivity index (χ0n) is 18.8. The zero-order valence-corrected chi connectivity index (χ0v) is 18.8. The second kappa shape index (κ2) is 8.51. The maximum Gasteiger partial charge on any atom is 0.339 e. The van der Waals surface area contributed by atoms with Crippen molar-refractivity contribution in [1.82, 2.24) is 9.36 Å². The number of fused-ring (bicyclic) bond motifs is 1. The smallest absolute Gasteiger partial charge is 0.339 e. The van der Waals surface area contributed by atoms with Crippen LogP contribution in [-0.4, -0.2) is 21.2 Å². The third-order valence-electron chi connectivity index (χ3n) is 6.21. The number of amides is 1. The molecule has 1 atom stereocenters. The summed E-state index contributed by atoms with van der Waals surface area (Å²) < 4.78 is 8.82. The van der Waals surface area contributed by atoms with E-state index in [2.05, 4.69) is 5.32 Å². The number of nitrogens with zero attached hydrogens (tertiary/aromatic N) is 2. The number of carbonyl (C=O) groups excluding carboxylic acids is 2. The van der Waals surface area contributed by atoms with Crippen molar-refractivity contribution in [3.8, 4) is 5.69 Å². The minimum atomic E-state index is -0.413. The van der Waals surface area contributed by atoms with Gasteiger partial charge in [0.1, 0.15) is 11.8 Å². The van der Waals surface area contributed by atoms with Crippen molar-refractivity contribution in [2.75, 3.05) is 5.32 Å². The molecule has 4 aromatic rings. The monoisotopic (exact) mass is 453 g/mol. The van der Waals surface area contributed by atoms with E-state index in [1.807, 2.05) is 60.7 Å². The fourth-order valence-corrected chi connectivity index (χ4v) is 4.29. The summed E-state index contributed by atoms with van der Waals surface area (Å²) >= 11 is 0. The lowest BCUT2D eigenvalue weighted by molar-refractivity contribution is 0.0252. The highest BCUT2D eigenvalue weighted by molar-refractivity contribution is 6.05. The van der Waals surface area contributed by atoms with Gasteiger partial charge in [0.25, 0.3) is 11.5 Å². The number of nitrogens with one attached hydrogen (secondary N) is 1. The van der Waals surface area contributed by atoms with Gasteiger partial charge in [-0.3, -0.25) is 14.3 Å². The van der Waals surface area contributed by atoms with Crippen LogP contribution in [-0.2, 0) is 18.2 Å². The van der Waals surface area contributed by atoms with E-state index in [9.17, 15) is 14.4 Å². The highest BCUT2D eigenvalue weighted by Gasteiger charge is 2.28. The van der Waals surface area contributed by atoms with E-state index in [0.29, 0.717) is 28.9 Å². The number of benzene rings is 3. The summed E-state index contributed by atoms with van der Waals surface area (Å²) in [5.41, 5.74) is 3.70.